The van der Waals surface area contributed by atoms with Crippen LogP contribution in [0.2, 0.25) is 0 Å². The second-order valence-electron chi connectivity index (χ2n) is 6.74. The number of thiol groups is 1. The summed E-state index contributed by atoms with van der Waals surface area (Å²) in [6.07, 6.45) is 0.216. The summed E-state index contributed by atoms with van der Waals surface area (Å²) in [4.78, 5) is 24.7. The van der Waals surface area contributed by atoms with Crippen LogP contribution < -0.4 is 0 Å². The summed E-state index contributed by atoms with van der Waals surface area (Å²) in [7, 11) is 0. The van der Waals surface area contributed by atoms with E-state index in [4.69, 9.17) is 9.47 Å². The molecule has 0 amide bonds. The number of rotatable bonds is 6. The Labute approximate surface area is 153 Å². The van der Waals surface area contributed by atoms with Crippen LogP contribution in [0.5, 0.6) is 0 Å². The SMILES string of the molecule is CCC(C)(C)C(=O)OCC(=O)OC(C)c1ccc2cc(S)ccc2c1. The maximum Gasteiger partial charge on any atom is 0.344 e. The van der Waals surface area contributed by atoms with Crippen LogP contribution in [-0.2, 0) is 19.1 Å². The first-order chi connectivity index (χ1) is 11.7. The van der Waals surface area contributed by atoms with Gasteiger partial charge in [-0.25, -0.2) is 4.79 Å². The van der Waals surface area contributed by atoms with Crippen molar-refractivity contribution in [3.8, 4) is 0 Å². The number of hydrogen-bond donors (Lipinski definition) is 1. The van der Waals surface area contributed by atoms with Crippen molar-refractivity contribution in [1.82, 2.24) is 0 Å². The number of benzene rings is 2. The van der Waals surface area contributed by atoms with E-state index in [0.29, 0.717) is 6.42 Å². The molecule has 25 heavy (non-hydrogen) atoms. The van der Waals surface area contributed by atoms with Gasteiger partial charge in [0.15, 0.2) is 6.61 Å². The monoisotopic (exact) mass is 360 g/mol. The van der Waals surface area contributed by atoms with Gasteiger partial charge >= 0.3 is 11.9 Å². The van der Waals surface area contributed by atoms with Crippen LogP contribution in [0.25, 0.3) is 10.8 Å². The molecule has 0 aliphatic rings. The summed E-state index contributed by atoms with van der Waals surface area (Å²) in [5.41, 5.74) is 0.281. The first-order valence-corrected chi connectivity index (χ1v) is 8.77. The largest absolute Gasteiger partial charge is 0.455 e. The van der Waals surface area contributed by atoms with Crippen molar-refractivity contribution in [1.29, 1.82) is 0 Å². The van der Waals surface area contributed by atoms with Crippen LogP contribution in [0.1, 0.15) is 45.8 Å². The van der Waals surface area contributed by atoms with E-state index >= 15 is 0 Å². The molecule has 1 unspecified atom stereocenters. The highest BCUT2D eigenvalue weighted by atomic mass is 32.1. The molecule has 0 aliphatic heterocycles. The first-order valence-electron chi connectivity index (χ1n) is 8.32. The van der Waals surface area contributed by atoms with Crippen LogP contribution in [0.4, 0.5) is 0 Å². The highest BCUT2D eigenvalue weighted by Gasteiger charge is 2.28. The number of ether oxygens (including phenoxy) is 2. The number of hydrogen-bond acceptors (Lipinski definition) is 5. The van der Waals surface area contributed by atoms with E-state index in [1.54, 1.807) is 20.8 Å². The minimum absolute atomic E-state index is 0.372. The zero-order valence-electron chi connectivity index (χ0n) is 15.0. The van der Waals surface area contributed by atoms with Crippen LogP contribution >= 0.6 is 12.6 Å². The molecule has 2 aromatic carbocycles. The lowest BCUT2D eigenvalue weighted by Gasteiger charge is -2.20. The molecule has 0 fully saturated rings. The third-order valence-corrected chi connectivity index (χ3v) is 4.66. The lowest BCUT2D eigenvalue weighted by atomic mass is 9.91. The third-order valence-electron chi connectivity index (χ3n) is 4.38. The summed E-state index contributed by atoms with van der Waals surface area (Å²) >= 11 is 4.33. The molecule has 0 N–H and O–H groups in total. The molecule has 0 saturated heterocycles. The van der Waals surface area contributed by atoms with Crippen molar-refractivity contribution in [2.75, 3.05) is 6.61 Å². The Bertz CT molecular complexity index is 782. The molecule has 2 rings (SSSR count). The fourth-order valence-electron chi connectivity index (χ4n) is 2.27. The maximum absolute atomic E-state index is 11.9. The van der Waals surface area contributed by atoms with Gasteiger partial charge in [0.05, 0.1) is 5.41 Å². The van der Waals surface area contributed by atoms with Crippen molar-refractivity contribution >= 4 is 35.3 Å². The first kappa shape index (κ1) is 19.3. The van der Waals surface area contributed by atoms with Crippen molar-refractivity contribution in [3.63, 3.8) is 0 Å². The zero-order chi connectivity index (χ0) is 18.6. The quantitative estimate of drug-likeness (QED) is 0.599. The van der Waals surface area contributed by atoms with E-state index in [1.807, 2.05) is 43.3 Å². The lowest BCUT2D eigenvalue weighted by molar-refractivity contribution is -0.167. The molecule has 0 saturated carbocycles. The number of fused-ring (bicyclic) bond motifs is 1. The molecule has 0 bridgehead atoms. The van der Waals surface area contributed by atoms with Gasteiger partial charge < -0.3 is 9.47 Å². The number of carbonyl (C=O) groups excluding carboxylic acids is 2. The molecule has 0 aliphatic carbocycles. The minimum Gasteiger partial charge on any atom is -0.455 e. The summed E-state index contributed by atoms with van der Waals surface area (Å²) < 4.78 is 10.4. The van der Waals surface area contributed by atoms with Crippen LogP contribution in [0.3, 0.4) is 0 Å². The second kappa shape index (κ2) is 7.91. The summed E-state index contributed by atoms with van der Waals surface area (Å²) in [6.45, 7) is 6.90. The third kappa shape index (κ3) is 4.98. The molecule has 0 spiro atoms. The molecule has 1 atom stereocenters. The molecule has 0 radical (unpaired) electrons. The fourth-order valence-corrected chi connectivity index (χ4v) is 2.48. The highest BCUT2D eigenvalue weighted by molar-refractivity contribution is 7.80. The standard InChI is InChI=1S/C20H24O4S/c1-5-20(3,4)19(22)23-12-18(21)24-13(2)14-6-7-16-11-17(25)9-8-15(16)10-14/h6-11,13,25H,5,12H2,1-4H3. The van der Waals surface area contributed by atoms with E-state index in [1.165, 1.54) is 0 Å². The zero-order valence-corrected chi connectivity index (χ0v) is 15.9. The molecule has 0 heterocycles. The molecule has 2 aromatic rings. The van der Waals surface area contributed by atoms with Gasteiger partial charge in [0.25, 0.3) is 0 Å². The Morgan fingerprint density at radius 2 is 1.76 bits per heavy atom. The van der Waals surface area contributed by atoms with Gasteiger partial charge in [-0.3, -0.25) is 4.79 Å². The Morgan fingerprint density at radius 1 is 1.12 bits per heavy atom. The van der Waals surface area contributed by atoms with Gasteiger partial charge in [-0.05, 0) is 61.7 Å². The van der Waals surface area contributed by atoms with E-state index in [9.17, 15) is 9.59 Å². The van der Waals surface area contributed by atoms with Gasteiger partial charge in [-0.1, -0.05) is 25.1 Å². The van der Waals surface area contributed by atoms with Gasteiger partial charge in [0.1, 0.15) is 6.10 Å². The Kier molecular flexibility index (Phi) is 6.11. The Balaban J connectivity index is 1.97. The van der Waals surface area contributed by atoms with Crippen molar-refractivity contribution < 1.29 is 19.1 Å². The summed E-state index contributed by atoms with van der Waals surface area (Å²) in [5, 5.41) is 2.12. The van der Waals surface area contributed by atoms with Crippen molar-refractivity contribution in [3.05, 3.63) is 42.0 Å². The van der Waals surface area contributed by atoms with Gasteiger partial charge in [-0.15, -0.1) is 12.6 Å². The van der Waals surface area contributed by atoms with Gasteiger partial charge in [0.2, 0.25) is 0 Å². The molecule has 5 heteroatoms. The Hall–Kier alpha value is -2.01. The number of carbonyl (C=O) groups is 2. The average molecular weight is 360 g/mol. The topological polar surface area (TPSA) is 52.6 Å². The summed E-state index contributed by atoms with van der Waals surface area (Å²) in [5.74, 6) is -0.952. The number of esters is 2. The molecule has 0 aromatic heterocycles. The molecular formula is C20H24O4S. The second-order valence-corrected chi connectivity index (χ2v) is 7.25. The van der Waals surface area contributed by atoms with E-state index in [2.05, 4.69) is 12.6 Å². The van der Waals surface area contributed by atoms with Crippen molar-refractivity contribution in [2.24, 2.45) is 5.41 Å². The Morgan fingerprint density at radius 3 is 2.44 bits per heavy atom. The smallest absolute Gasteiger partial charge is 0.344 e. The maximum atomic E-state index is 11.9. The lowest BCUT2D eigenvalue weighted by Crippen LogP contribution is -2.28. The normalized spacial score (nSPS) is 12.7. The minimum atomic E-state index is -0.601. The fraction of sp³-hybridized carbons (Fsp3) is 0.400. The van der Waals surface area contributed by atoms with Gasteiger partial charge in [0, 0.05) is 4.90 Å². The van der Waals surface area contributed by atoms with E-state index < -0.39 is 23.5 Å². The molecular weight excluding hydrogens is 336 g/mol. The van der Waals surface area contributed by atoms with Crippen LogP contribution in [0.15, 0.2) is 41.3 Å². The van der Waals surface area contributed by atoms with Gasteiger partial charge in [-0.2, -0.15) is 0 Å². The van der Waals surface area contributed by atoms with Crippen LogP contribution in [0, 0.1) is 5.41 Å². The highest BCUT2D eigenvalue weighted by Crippen LogP contribution is 2.25. The average Bonchev–Trinajstić information content (AvgIpc) is 2.58. The predicted octanol–water partition coefficient (Wildman–Crippen LogP) is 4.71. The van der Waals surface area contributed by atoms with E-state index in [-0.39, 0.29) is 6.61 Å². The molecule has 4 nitrogen and oxygen atoms in total. The van der Waals surface area contributed by atoms with Crippen molar-refractivity contribution in [2.45, 2.75) is 45.1 Å². The predicted molar refractivity (Wildman–Crippen MR) is 101 cm³/mol. The molecule has 134 valence electrons. The summed E-state index contributed by atoms with van der Waals surface area (Å²) in [6, 6.07) is 11.7. The van der Waals surface area contributed by atoms with Crippen LogP contribution in [-0.4, -0.2) is 18.5 Å². The van der Waals surface area contributed by atoms with E-state index in [0.717, 1.165) is 21.2 Å².